The van der Waals surface area contributed by atoms with E-state index < -0.39 is 0 Å². The Morgan fingerprint density at radius 1 is 1.50 bits per heavy atom. The van der Waals surface area contributed by atoms with Crippen LogP contribution in [0.1, 0.15) is 11.9 Å². The van der Waals surface area contributed by atoms with Crippen molar-refractivity contribution in [3.63, 3.8) is 0 Å². The van der Waals surface area contributed by atoms with E-state index in [1.165, 1.54) is 0 Å². The fraction of sp³-hybridized carbons (Fsp3) is 0.500. The van der Waals surface area contributed by atoms with Gasteiger partial charge in [-0.25, -0.2) is 0 Å². The molecule has 1 N–H and O–H groups in total. The van der Waals surface area contributed by atoms with Crippen LogP contribution in [0, 0.1) is 12.8 Å². The van der Waals surface area contributed by atoms with Crippen molar-refractivity contribution in [1.82, 2.24) is 20.0 Å². The van der Waals surface area contributed by atoms with Crippen molar-refractivity contribution >= 4 is 16.5 Å². The van der Waals surface area contributed by atoms with E-state index in [0.29, 0.717) is 5.92 Å². The standard InChI is InChI=1S/C10H15N5S/c1-8(7-15-5-3-4-12-15)6-11-10-14-13-9(2)16-10/h3-5,8H,6-7H2,1-2H3,(H,11,14). The molecular formula is C10H15N5S. The first-order valence-corrected chi connectivity index (χ1v) is 6.07. The molecular weight excluding hydrogens is 222 g/mol. The molecule has 1 atom stereocenters. The van der Waals surface area contributed by atoms with Crippen molar-refractivity contribution in [2.45, 2.75) is 20.4 Å². The van der Waals surface area contributed by atoms with Gasteiger partial charge in [0.1, 0.15) is 5.01 Å². The van der Waals surface area contributed by atoms with Crippen LogP contribution < -0.4 is 5.32 Å². The second kappa shape index (κ2) is 5.07. The molecule has 0 saturated carbocycles. The Balaban J connectivity index is 1.77. The van der Waals surface area contributed by atoms with Crippen LogP contribution in [0.2, 0.25) is 0 Å². The molecule has 0 aromatic carbocycles. The summed E-state index contributed by atoms with van der Waals surface area (Å²) >= 11 is 1.58. The Kier molecular flexibility index (Phi) is 3.51. The Labute approximate surface area is 98.5 Å². The third-order valence-electron chi connectivity index (χ3n) is 2.19. The summed E-state index contributed by atoms with van der Waals surface area (Å²) in [5, 5.41) is 17.3. The highest BCUT2D eigenvalue weighted by molar-refractivity contribution is 7.15. The highest BCUT2D eigenvalue weighted by Gasteiger charge is 2.05. The maximum atomic E-state index is 4.18. The summed E-state index contributed by atoms with van der Waals surface area (Å²) in [6.45, 7) is 5.94. The van der Waals surface area contributed by atoms with Crippen LogP contribution in [0.4, 0.5) is 5.13 Å². The molecule has 0 aliphatic heterocycles. The molecule has 5 nitrogen and oxygen atoms in total. The second-order valence-corrected chi connectivity index (χ2v) is 5.02. The number of nitrogens with one attached hydrogen (secondary N) is 1. The van der Waals surface area contributed by atoms with Crippen molar-refractivity contribution in [1.29, 1.82) is 0 Å². The normalized spacial score (nSPS) is 12.6. The van der Waals surface area contributed by atoms with Crippen molar-refractivity contribution in [3.05, 3.63) is 23.5 Å². The summed E-state index contributed by atoms with van der Waals surface area (Å²) < 4.78 is 1.94. The van der Waals surface area contributed by atoms with Crippen molar-refractivity contribution < 1.29 is 0 Å². The molecule has 0 radical (unpaired) electrons. The van der Waals surface area contributed by atoms with Crippen LogP contribution in [0.5, 0.6) is 0 Å². The van der Waals surface area contributed by atoms with Gasteiger partial charge in [-0.15, -0.1) is 10.2 Å². The predicted octanol–water partition coefficient (Wildman–Crippen LogP) is 1.79. The van der Waals surface area contributed by atoms with Crippen molar-refractivity contribution in [2.75, 3.05) is 11.9 Å². The number of rotatable bonds is 5. The topological polar surface area (TPSA) is 55.6 Å². The molecule has 86 valence electrons. The Morgan fingerprint density at radius 3 is 3.00 bits per heavy atom. The third-order valence-corrected chi connectivity index (χ3v) is 2.98. The summed E-state index contributed by atoms with van der Waals surface area (Å²) in [4.78, 5) is 0. The Hall–Kier alpha value is -1.43. The lowest BCUT2D eigenvalue weighted by Gasteiger charge is -2.11. The van der Waals surface area contributed by atoms with Crippen LogP contribution in [0.25, 0.3) is 0 Å². The molecule has 1 unspecified atom stereocenters. The predicted molar refractivity (Wildman–Crippen MR) is 64.5 cm³/mol. The van der Waals surface area contributed by atoms with Gasteiger partial charge in [-0.1, -0.05) is 18.3 Å². The van der Waals surface area contributed by atoms with Gasteiger partial charge in [0.05, 0.1) is 0 Å². The van der Waals surface area contributed by atoms with E-state index in [1.807, 2.05) is 23.9 Å². The first-order chi connectivity index (χ1) is 7.74. The zero-order chi connectivity index (χ0) is 11.4. The number of nitrogens with zero attached hydrogens (tertiary/aromatic N) is 4. The van der Waals surface area contributed by atoms with Crippen molar-refractivity contribution in [2.24, 2.45) is 5.92 Å². The van der Waals surface area contributed by atoms with Gasteiger partial charge < -0.3 is 5.32 Å². The van der Waals surface area contributed by atoms with E-state index in [9.17, 15) is 0 Å². The SMILES string of the molecule is Cc1nnc(NCC(C)Cn2cccn2)s1. The third kappa shape index (κ3) is 3.03. The molecule has 0 fully saturated rings. The zero-order valence-corrected chi connectivity index (χ0v) is 10.2. The number of hydrogen-bond acceptors (Lipinski definition) is 5. The number of anilines is 1. The van der Waals surface area contributed by atoms with Gasteiger partial charge in [-0.05, 0) is 18.9 Å². The first kappa shape index (κ1) is 11.1. The molecule has 0 aliphatic carbocycles. The smallest absolute Gasteiger partial charge is 0.205 e. The summed E-state index contributed by atoms with van der Waals surface area (Å²) in [7, 11) is 0. The highest BCUT2D eigenvalue weighted by Crippen LogP contribution is 2.14. The fourth-order valence-electron chi connectivity index (χ4n) is 1.42. The van der Waals surface area contributed by atoms with E-state index in [2.05, 4.69) is 27.5 Å². The highest BCUT2D eigenvalue weighted by atomic mass is 32.1. The average molecular weight is 237 g/mol. The molecule has 2 aromatic heterocycles. The van der Waals surface area contributed by atoms with E-state index in [4.69, 9.17) is 0 Å². The number of aromatic nitrogens is 4. The van der Waals surface area contributed by atoms with Gasteiger partial charge in [-0.2, -0.15) is 5.10 Å². The summed E-state index contributed by atoms with van der Waals surface area (Å²) in [5.41, 5.74) is 0. The first-order valence-electron chi connectivity index (χ1n) is 5.25. The van der Waals surface area contributed by atoms with E-state index >= 15 is 0 Å². The van der Waals surface area contributed by atoms with Gasteiger partial charge in [0, 0.05) is 25.5 Å². The molecule has 16 heavy (non-hydrogen) atoms. The molecule has 2 rings (SSSR count). The minimum absolute atomic E-state index is 0.504. The van der Waals surface area contributed by atoms with Gasteiger partial charge in [-0.3, -0.25) is 4.68 Å². The summed E-state index contributed by atoms with van der Waals surface area (Å²) in [5.74, 6) is 0.504. The Morgan fingerprint density at radius 2 is 2.38 bits per heavy atom. The molecule has 0 spiro atoms. The van der Waals surface area contributed by atoms with Crippen molar-refractivity contribution in [3.8, 4) is 0 Å². The van der Waals surface area contributed by atoms with E-state index in [1.54, 1.807) is 17.5 Å². The van der Waals surface area contributed by atoms with Gasteiger partial charge >= 0.3 is 0 Å². The minimum Gasteiger partial charge on any atom is -0.360 e. The molecule has 0 aliphatic rings. The molecule has 0 amide bonds. The maximum Gasteiger partial charge on any atom is 0.205 e. The van der Waals surface area contributed by atoms with Crippen LogP contribution in [0.15, 0.2) is 18.5 Å². The summed E-state index contributed by atoms with van der Waals surface area (Å²) in [6, 6.07) is 1.94. The average Bonchev–Trinajstić information content (AvgIpc) is 2.87. The maximum absolute atomic E-state index is 4.18. The minimum atomic E-state index is 0.504. The molecule has 2 aromatic rings. The quantitative estimate of drug-likeness (QED) is 0.861. The molecule has 2 heterocycles. The molecule has 0 bridgehead atoms. The van der Waals surface area contributed by atoms with Gasteiger partial charge in [0.2, 0.25) is 5.13 Å². The summed E-state index contributed by atoms with van der Waals surface area (Å²) in [6.07, 6.45) is 3.78. The lowest BCUT2D eigenvalue weighted by atomic mass is 10.2. The fourth-order valence-corrected chi connectivity index (χ4v) is 2.02. The largest absolute Gasteiger partial charge is 0.360 e. The van der Waals surface area contributed by atoms with Crippen LogP contribution in [-0.4, -0.2) is 26.5 Å². The lowest BCUT2D eigenvalue weighted by Crippen LogP contribution is -2.17. The van der Waals surface area contributed by atoms with Gasteiger partial charge in [0.25, 0.3) is 0 Å². The molecule has 6 heteroatoms. The Bertz CT molecular complexity index is 422. The second-order valence-electron chi connectivity index (χ2n) is 3.84. The van der Waals surface area contributed by atoms with Gasteiger partial charge in [0.15, 0.2) is 0 Å². The number of aryl methyl sites for hydroxylation is 1. The molecule has 0 saturated heterocycles. The van der Waals surface area contributed by atoms with E-state index in [-0.39, 0.29) is 0 Å². The lowest BCUT2D eigenvalue weighted by molar-refractivity contribution is 0.467. The van der Waals surface area contributed by atoms with Crippen LogP contribution in [0.3, 0.4) is 0 Å². The number of hydrogen-bond donors (Lipinski definition) is 1. The monoisotopic (exact) mass is 237 g/mol. The zero-order valence-electron chi connectivity index (χ0n) is 9.42. The van der Waals surface area contributed by atoms with Crippen LogP contribution >= 0.6 is 11.3 Å². The van der Waals surface area contributed by atoms with Crippen LogP contribution in [-0.2, 0) is 6.54 Å². The van der Waals surface area contributed by atoms with E-state index in [0.717, 1.165) is 23.2 Å².